The normalized spacial score (nSPS) is 11.4. The summed E-state index contributed by atoms with van der Waals surface area (Å²) >= 11 is 0. The summed E-state index contributed by atoms with van der Waals surface area (Å²) in [7, 11) is 1.44. The Morgan fingerprint density at radius 2 is 1.32 bits per heavy atom. The number of carbonyl (C=O) groups excluding carboxylic acids is 1. The predicted molar refractivity (Wildman–Crippen MR) is 98.5 cm³/mol. The Kier molecular flexibility index (Phi) is 21.1. The number of rotatable bonds is 13. The van der Waals surface area contributed by atoms with Crippen LogP contribution in [-0.4, -0.2) is 13.1 Å². The molecule has 3 heteroatoms. The Morgan fingerprint density at radius 3 is 1.82 bits per heavy atom. The van der Waals surface area contributed by atoms with Crippen LogP contribution in [0.2, 0.25) is 0 Å². The van der Waals surface area contributed by atoms with E-state index >= 15 is 0 Å². The summed E-state index contributed by atoms with van der Waals surface area (Å²) in [4.78, 5) is 10.9. The van der Waals surface area contributed by atoms with Crippen LogP contribution in [0.15, 0.2) is 36.5 Å². The molecule has 0 unspecified atom stereocenters. The standard InChI is InChI=1S/C19H32O2.ClH/c1-3-4-5-6-7-8-9-10-11-12-13-14-15-16-17-18-19(20)21-2;/h7-8,10-11,13-14H,3-6,9,12,15-18H2,1-2H3;1H/b8-7-,11-10-,14-13-;. The first kappa shape index (κ1) is 23.2. The van der Waals surface area contributed by atoms with E-state index in [1.807, 2.05) is 0 Å². The molecule has 0 radical (unpaired) electrons. The number of allylic oxidation sites excluding steroid dienone is 6. The molecular weight excluding hydrogens is 296 g/mol. The molecule has 0 aliphatic heterocycles. The Bertz CT molecular complexity index is 319. The van der Waals surface area contributed by atoms with E-state index < -0.39 is 0 Å². The van der Waals surface area contributed by atoms with E-state index in [1.165, 1.54) is 32.8 Å². The van der Waals surface area contributed by atoms with Crippen molar-refractivity contribution in [2.75, 3.05) is 7.11 Å². The highest BCUT2D eigenvalue weighted by molar-refractivity contribution is 5.85. The molecular formula is C19H33ClO2. The second-order valence-corrected chi connectivity index (χ2v) is 5.20. The van der Waals surface area contributed by atoms with Gasteiger partial charge in [0, 0.05) is 6.42 Å². The SMILES string of the molecule is CCCCC/C=C\C/C=C\C/C=C\CCCCC(=O)OC.Cl. The number of hydrogen-bond donors (Lipinski definition) is 0. The van der Waals surface area contributed by atoms with Gasteiger partial charge >= 0.3 is 5.97 Å². The first-order valence-electron chi connectivity index (χ1n) is 8.33. The third-order valence-corrected chi connectivity index (χ3v) is 3.25. The number of ether oxygens (including phenoxy) is 1. The van der Waals surface area contributed by atoms with Gasteiger partial charge < -0.3 is 4.74 Å². The number of methoxy groups -OCH3 is 1. The molecule has 128 valence electrons. The molecule has 0 bridgehead atoms. The molecule has 0 amide bonds. The van der Waals surface area contributed by atoms with E-state index in [0.29, 0.717) is 6.42 Å². The zero-order valence-electron chi connectivity index (χ0n) is 14.3. The van der Waals surface area contributed by atoms with Gasteiger partial charge in [0.2, 0.25) is 0 Å². The fraction of sp³-hybridized carbons (Fsp3) is 0.632. The van der Waals surface area contributed by atoms with Crippen molar-refractivity contribution in [3.8, 4) is 0 Å². The molecule has 0 saturated carbocycles. The van der Waals surface area contributed by atoms with Crippen LogP contribution < -0.4 is 0 Å². The molecule has 0 aliphatic carbocycles. The van der Waals surface area contributed by atoms with Gasteiger partial charge in [0.25, 0.3) is 0 Å². The Labute approximate surface area is 143 Å². The molecule has 22 heavy (non-hydrogen) atoms. The van der Waals surface area contributed by atoms with Gasteiger partial charge in [-0.1, -0.05) is 56.2 Å². The van der Waals surface area contributed by atoms with Crippen LogP contribution in [0.1, 0.15) is 71.1 Å². The molecule has 2 nitrogen and oxygen atoms in total. The fourth-order valence-corrected chi connectivity index (χ4v) is 1.92. The lowest BCUT2D eigenvalue weighted by molar-refractivity contribution is -0.140. The molecule has 0 saturated heterocycles. The lowest BCUT2D eigenvalue weighted by atomic mass is 10.2. The minimum atomic E-state index is -0.107. The average Bonchev–Trinajstić information content (AvgIpc) is 2.50. The molecule has 0 atom stereocenters. The highest BCUT2D eigenvalue weighted by Gasteiger charge is 1.97. The van der Waals surface area contributed by atoms with Gasteiger partial charge in [0.1, 0.15) is 0 Å². The number of hydrogen-bond acceptors (Lipinski definition) is 2. The summed E-state index contributed by atoms with van der Waals surface area (Å²) in [5, 5.41) is 0. The quantitative estimate of drug-likeness (QED) is 0.229. The van der Waals surface area contributed by atoms with Crippen LogP contribution in [0.4, 0.5) is 0 Å². The number of carbonyl (C=O) groups is 1. The highest BCUT2D eigenvalue weighted by Crippen LogP contribution is 2.03. The van der Waals surface area contributed by atoms with Crippen molar-refractivity contribution in [2.24, 2.45) is 0 Å². The maximum absolute atomic E-state index is 10.9. The van der Waals surface area contributed by atoms with Crippen LogP contribution in [0.3, 0.4) is 0 Å². The summed E-state index contributed by atoms with van der Waals surface area (Å²) in [6, 6.07) is 0. The van der Waals surface area contributed by atoms with Crippen LogP contribution in [0.25, 0.3) is 0 Å². The van der Waals surface area contributed by atoms with Crippen LogP contribution >= 0.6 is 12.4 Å². The maximum Gasteiger partial charge on any atom is 0.305 e. The van der Waals surface area contributed by atoms with Crippen LogP contribution in [0, 0.1) is 0 Å². The first-order chi connectivity index (χ1) is 10.3. The highest BCUT2D eigenvalue weighted by atomic mass is 35.5. The number of halogens is 1. The third-order valence-electron chi connectivity index (χ3n) is 3.25. The van der Waals surface area contributed by atoms with Gasteiger partial charge in [0.05, 0.1) is 7.11 Å². The van der Waals surface area contributed by atoms with Gasteiger partial charge in [0.15, 0.2) is 0 Å². The molecule has 0 fully saturated rings. The largest absolute Gasteiger partial charge is 0.469 e. The van der Waals surface area contributed by atoms with E-state index in [9.17, 15) is 4.79 Å². The van der Waals surface area contributed by atoms with Crippen LogP contribution in [-0.2, 0) is 9.53 Å². The molecule has 0 aromatic heterocycles. The summed E-state index contributed by atoms with van der Waals surface area (Å²) in [6.07, 6.45) is 24.1. The predicted octanol–water partition coefficient (Wildman–Crippen LogP) is 6.17. The minimum Gasteiger partial charge on any atom is -0.469 e. The summed E-state index contributed by atoms with van der Waals surface area (Å²) in [6.45, 7) is 2.24. The summed E-state index contributed by atoms with van der Waals surface area (Å²) < 4.78 is 4.60. The molecule has 0 spiro atoms. The van der Waals surface area contributed by atoms with E-state index in [-0.39, 0.29) is 18.4 Å². The van der Waals surface area contributed by atoms with Gasteiger partial charge in [-0.3, -0.25) is 4.79 Å². The van der Waals surface area contributed by atoms with E-state index in [2.05, 4.69) is 48.1 Å². The number of esters is 1. The lowest BCUT2D eigenvalue weighted by Gasteiger charge is -1.96. The Balaban J connectivity index is 0. The Hall–Kier alpha value is -1.02. The van der Waals surface area contributed by atoms with Crippen LogP contribution in [0.5, 0.6) is 0 Å². The second kappa shape index (κ2) is 20.0. The monoisotopic (exact) mass is 328 g/mol. The molecule has 0 N–H and O–H groups in total. The van der Waals surface area contributed by atoms with Crippen molar-refractivity contribution in [1.29, 1.82) is 0 Å². The molecule has 0 heterocycles. The zero-order chi connectivity index (χ0) is 15.6. The van der Waals surface area contributed by atoms with Gasteiger partial charge in [-0.05, 0) is 44.9 Å². The van der Waals surface area contributed by atoms with E-state index in [0.717, 1.165) is 32.1 Å². The summed E-state index contributed by atoms with van der Waals surface area (Å²) in [5.74, 6) is -0.107. The van der Waals surface area contributed by atoms with Crippen molar-refractivity contribution in [3.05, 3.63) is 36.5 Å². The van der Waals surface area contributed by atoms with Crippen molar-refractivity contribution in [1.82, 2.24) is 0 Å². The molecule has 0 aromatic rings. The molecule has 0 rings (SSSR count). The lowest BCUT2D eigenvalue weighted by Crippen LogP contribution is -1.98. The van der Waals surface area contributed by atoms with Gasteiger partial charge in [-0.25, -0.2) is 0 Å². The van der Waals surface area contributed by atoms with E-state index in [1.54, 1.807) is 0 Å². The Morgan fingerprint density at radius 1 is 0.818 bits per heavy atom. The smallest absolute Gasteiger partial charge is 0.305 e. The van der Waals surface area contributed by atoms with Gasteiger partial charge in [-0.15, -0.1) is 12.4 Å². The van der Waals surface area contributed by atoms with Crippen molar-refractivity contribution in [3.63, 3.8) is 0 Å². The first-order valence-corrected chi connectivity index (χ1v) is 8.33. The van der Waals surface area contributed by atoms with E-state index in [4.69, 9.17) is 0 Å². The summed E-state index contributed by atoms with van der Waals surface area (Å²) in [5.41, 5.74) is 0. The van der Waals surface area contributed by atoms with Crippen molar-refractivity contribution in [2.45, 2.75) is 71.1 Å². The maximum atomic E-state index is 10.9. The third kappa shape index (κ3) is 19.0. The molecule has 0 aromatic carbocycles. The topological polar surface area (TPSA) is 26.3 Å². The van der Waals surface area contributed by atoms with Crippen molar-refractivity contribution < 1.29 is 9.53 Å². The number of unbranched alkanes of at least 4 members (excludes halogenated alkanes) is 5. The van der Waals surface area contributed by atoms with Crippen molar-refractivity contribution >= 4 is 18.4 Å². The minimum absolute atomic E-state index is 0. The average molecular weight is 329 g/mol. The second-order valence-electron chi connectivity index (χ2n) is 5.20. The van der Waals surface area contributed by atoms with Gasteiger partial charge in [-0.2, -0.15) is 0 Å². The zero-order valence-corrected chi connectivity index (χ0v) is 15.1. The molecule has 0 aliphatic rings. The fourth-order valence-electron chi connectivity index (χ4n) is 1.92.